The van der Waals surface area contributed by atoms with Crippen molar-refractivity contribution in [2.75, 3.05) is 0 Å². The zero-order valence-corrected chi connectivity index (χ0v) is 16.9. The van der Waals surface area contributed by atoms with E-state index in [1.54, 1.807) is 6.20 Å². The third kappa shape index (κ3) is 2.44. The predicted molar refractivity (Wildman–Crippen MR) is 109 cm³/mol. The molecule has 4 heterocycles. The Morgan fingerprint density at radius 1 is 1.03 bits per heavy atom. The van der Waals surface area contributed by atoms with Crippen molar-refractivity contribution in [2.45, 2.75) is 50.1 Å². The summed E-state index contributed by atoms with van der Waals surface area (Å²) in [5.74, 6) is 0.643. The molecule has 148 valence electrons. The average molecular weight is 387 g/mol. The maximum Gasteiger partial charge on any atom is 0.258 e. The van der Waals surface area contributed by atoms with Crippen molar-refractivity contribution in [3.63, 3.8) is 0 Å². The predicted octanol–water partition coefficient (Wildman–Crippen LogP) is 3.60. The fourth-order valence-electron chi connectivity index (χ4n) is 5.50. The number of rotatable bonds is 3. The second-order valence-electron chi connectivity index (χ2n) is 8.71. The number of hydrogen-bond acceptors (Lipinski definition) is 3. The van der Waals surface area contributed by atoms with Gasteiger partial charge in [0.25, 0.3) is 5.91 Å². The Bertz CT molecular complexity index is 1110. The first-order valence-corrected chi connectivity index (χ1v) is 10.6. The first kappa shape index (κ1) is 17.0. The normalized spacial score (nSPS) is 22.8. The first-order chi connectivity index (χ1) is 14.1. The van der Waals surface area contributed by atoms with Crippen LogP contribution in [0.5, 0.6) is 0 Å². The third-order valence-corrected chi connectivity index (χ3v) is 6.90. The van der Waals surface area contributed by atoms with E-state index in [0.717, 1.165) is 49.1 Å². The van der Waals surface area contributed by atoms with Crippen molar-refractivity contribution in [1.82, 2.24) is 24.5 Å². The van der Waals surface area contributed by atoms with Crippen molar-refractivity contribution < 1.29 is 4.79 Å². The van der Waals surface area contributed by atoms with E-state index in [9.17, 15) is 4.79 Å². The largest absolute Gasteiger partial charge is 0.327 e. The Kier molecular flexibility index (Phi) is 3.55. The highest BCUT2D eigenvalue weighted by molar-refractivity contribution is 5.96. The number of benzene rings is 1. The minimum Gasteiger partial charge on any atom is -0.327 e. The van der Waals surface area contributed by atoms with Crippen molar-refractivity contribution in [3.8, 4) is 11.3 Å². The monoisotopic (exact) mass is 387 g/mol. The molecule has 1 amide bonds. The standard InChI is InChI=1S/C23H25N5O/c1-26-22(15-8-9-15)18(13-24-26)23(29)28-16-10-11-19(28)20-17(12-16)21(27(2)25-20)14-6-4-3-5-7-14/h3-7,13,15-16,19H,8-12H2,1-2H3. The van der Waals surface area contributed by atoms with Crippen LogP contribution in [-0.2, 0) is 20.5 Å². The highest BCUT2D eigenvalue weighted by Gasteiger charge is 2.47. The van der Waals surface area contributed by atoms with Crippen LogP contribution in [0.25, 0.3) is 11.3 Å². The lowest BCUT2D eigenvalue weighted by Crippen LogP contribution is -2.42. The summed E-state index contributed by atoms with van der Waals surface area (Å²) in [6.45, 7) is 0. The molecule has 0 N–H and O–H groups in total. The molecule has 29 heavy (non-hydrogen) atoms. The van der Waals surface area contributed by atoms with Crippen LogP contribution < -0.4 is 0 Å². The smallest absolute Gasteiger partial charge is 0.258 e. The Morgan fingerprint density at radius 3 is 2.59 bits per heavy atom. The Labute approximate surface area is 170 Å². The SMILES string of the molecule is Cn1nc2c(c1-c1ccccc1)CC1CCC2N1C(=O)c1cnn(C)c1C1CC1. The first-order valence-electron chi connectivity index (χ1n) is 10.6. The van der Waals surface area contributed by atoms with E-state index < -0.39 is 0 Å². The number of carbonyl (C=O) groups is 1. The van der Waals surface area contributed by atoms with Gasteiger partial charge < -0.3 is 4.90 Å². The van der Waals surface area contributed by atoms with Crippen LogP contribution in [0.1, 0.15) is 65.0 Å². The number of nitrogens with zero attached hydrogens (tertiary/aromatic N) is 5. The second kappa shape index (κ2) is 6.05. The van der Waals surface area contributed by atoms with Gasteiger partial charge in [0.1, 0.15) is 0 Å². The van der Waals surface area contributed by atoms with Gasteiger partial charge in [0.2, 0.25) is 0 Å². The molecule has 6 nitrogen and oxygen atoms in total. The molecule has 2 aromatic heterocycles. The van der Waals surface area contributed by atoms with Crippen molar-refractivity contribution in [2.24, 2.45) is 14.1 Å². The van der Waals surface area contributed by atoms with E-state index in [4.69, 9.17) is 5.10 Å². The fourth-order valence-corrected chi connectivity index (χ4v) is 5.50. The molecule has 1 aliphatic carbocycles. The maximum atomic E-state index is 13.6. The number of amides is 1. The van der Waals surface area contributed by atoms with Crippen molar-refractivity contribution in [3.05, 3.63) is 59.0 Å². The van der Waals surface area contributed by atoms with Crippen LogP contribution in [0, 0.1) is 0 Å². The minimum atomic E-state index is 0.0761. The molecule has 2 atom stereocenters. The van der Waals surface area contributed by atoms with Gasteiger partial charge in [-0.15, -0.1) is 0 Å². The molecule has 3 aliphatic rings. The number of carbonyl (C=O) groups excluding carboxylic acids is 1. The van der Waals surface area contributed by atoms with Crippen molar-refractivity contribution in [1.29, 1.82) is 0 Å². The Morgan fingerprint density at radius 2 is 1.83 bits per heavy atom. The number of fused-ring (bicyclic) bond motifs is 4. The van der Waals surface area contributed by atoms with Gasteiger partial charge >= 0.3 is 0 Å². The van der Waals surface area contributed by atoms with Gasteiger partial charge in [0.05, 0.1) is 34.9 Å². The quantitative estimate of drug-likeness (QED) is 0.690. The second-order valence-corrected chi connectivity index (χ2v) is 8.71. The highest BCUT2D eigenvalue weighted by atomic mass is 16.2. The topological polar surface area (TPSA) is 56.0 Å². The van der Waals surface area contributed by atoms with Gasteiger partial charge in [0.15, 0.2) is 0 Å². The zero-order chi connectivity index (χ0) is 19.7. The molecular weight excluding hydrogens is 362 g/mol. The number of hydrogen-bond donors (Lipinski definition) is 0. The van der Waals surface area contributed by atoms with E-state index >= 15 is 0 Å². The van der Waals surface area contributed by atoms with Crippen LogP contribution in [0.15, 0.2) is 36.5 Å². The molecule has 0 radical (unpaired) electrons. The van der Waals surface area contributed by atoms with E-state index in [1.807, 2.05) is 29.5 Å². The van der Waals surface area contributed by atoms with Crippen LogP contribution in [0.4, 0.5) is 0 Å². The lowest BCUT2D eigenvalue weighted by atomic mass is 9.94. The minimum absolute atomic E-state index is 0.0761. The number of aromatic nitrogens is 4. The molecular formula is C23H25N5O. The summed E-state index contributed by atoms with van der Waals surface area (Å²) in [6, 6.07) is 10.8. The van der Waals surface area contributed by atoms with E-state index in [-0.39, 0.29) is 18.0 Å². The highest BCUT2D eigenvalue weighted by Crippen LogP contribution is 2.48. The van der Waals surface area contributed by atoms with Crippen LogP contribution >= 0.6 is 0 Å². The molecule has 2 bridgehead atoms. The lowest BCUT2D eigenvalue weighted by Gasteiger charge is -2.34. The Hall–Kier alpha value is -2.89. The lowest BCUT2D eigenvalue weighted by molar-refractivity contribution is 0.0641. The number of aryl methyl sites for hydroxylation is 2. The van der Waals surface area contributed by atoms with Gasteiger partial charge in [-0.3, -0.25) is 14.2 Å². The molecule has 3 aromatic rings. The summed E-state index contributed by atoms with van der Waals surface area (Å²) >= 11 is 0. The summed E-state index contributed by atoms with van der Waals surface area (Å²) in [5, 5.41) is 9.33. The van der Waals surface area contributed by atoms with Crippen molar-refractivity contribution >= 4 is 5.91 Å². The molecule has 6 rings (SSSR count). The van der Waals surface area contributed by atoms with Crippen LogP contribution in [0.3, 0.4) is 0 Å². The summed E-state index contributed by atoms with van der Waals surface area (Å²) in [6.07, 6.45) is 7.03. The molecule has 0 spiro atoms. The molecule has 1 saturated heterocycles. The van der Waals surface area contributed by atoms with Gasteiger partial charge in [-0.1, -0.05) is 30.3 Å². The van der Waals surface area contributed by atoms with Gasteiger partial charge in [-0.2, -0.15) is 10.2 Å². The zero-order valence-electron chi connectivity index (χ0n) is 16.9. The van der Waals surface area contributed by atoms with Gasteiger partial charge in [-0.05, 0) is 32.1 Å². The van der Waals surface area contributed by atoms with E-state index in [2.05, 4.69) is 34.3 Å². The van der Waals surface area contributed by atoms with Crippen LogP contribution in [0.2, 0.25) is 0 Å². The van der Waals surface area contributed by atoms with E-state index in [0.29, 0.717) is 5.92 Å². The molecule has 1 aromatic carbocycles. The van der Waals surface area contributed by atoms with Gasteiger partial charge in [-0.25, -0.2) is 0 Å². The molecule has 1 saturated carbocycles. The summed E-state index contributed by atoms with van der Waals surface area (Å²) < 4.78 is 3.90. The Balaban J connectivity index is 1.41. The molecule has 2 unspecified atom stereocenters. The fraction of sp³-hybridized carbons (Fsp3) is 0.435. The molecule has 2 aliphatic heterocycles. The maximum absolute atomic E-state index is 13.6. The van der Waals surface area contributed by atoms with E-state index in [1.165, 1.54) is 16.8 Å². The summed E-state index contributed by atoms with van der Waals surface area (Å²) in [5.41, 5.74) is 6.73. The summed E-state index contributed by atoms with van der Waals surface area (Å²) in [7, 11) is 3.98. The molecule has 6 heteroatoms. The average Bonchev–Trinajstić information content (AvgIpc) is 3.28. The summed E-state index contributed by atoms with van der Waals surface area (Å²) in [4.78, 5) is 15.8. The van der Waals surface area contributed by atoms with Gasteiger partial charge in [0, 0.05) is 37.2 Å². The molecule has 2 fully saturated rings. The van der Waals surface area contributed by atoms with Crippen LogP contribution in [-0.4, -0.2) is 36.4 Å². The third-order valence-electron chi connectivity index (χ3n) is 6.90.